The van der Waals surface area contributed by atoms with Crippen LogP contribution in [0.2, 0.25) is 0 Å². The van der Waals surface area contributed by atoms with Crippen LogP contribution >= 0.6 is 0 Å². The Balaban J connectivity index is 2.06. The topological polar surface area (TPSA) is 40.5 Å². The van der Waals surface area contributed by atoms with Crippen molar-refractivity contribution in [2.45, 2.75) is 5.92 Å². The number of fused-ring (bicyclic) bond motifs is 3. The van der Waals surface area contributed by atoms with Gasteiger partial charge in [0.1, 0.15) is 0 Å². The number of hydrogen-bond acceptors (Lipinski definition) is 2. The standard InChI is InChI=1S/C19H14O2/c20-16-11-10-15-13-8-4-5-9-14(13)17(18(15)19(16)21)12-6-2-1-3-7-12/h1-11,17,20-21H. The van der Waals surface area contributed by atoms with Crippen LogP contribution in [-0.2, 0) is 0 Å². The van der Waals surface area contributed by atoms with Crippen LogP contribution in [0.1, 0.15) is 22.6 Å². The van der Waals surface area contributed by atoms with E-state index >= 15 is 0 Å². The summed E-state index contributed by atoms with van der Waals surface area (Å²) >= 11 is 0. The van der Waals surface area contributed by atoms with Gasteiger partial charge in [-0.2, -0.15) is 0 Å². The van der Waals surface area contributed by atoms with Crippen molar-refractivity contribution < 1.29 is 10.2 Å². The van der Waals surface area contributed by atoms with Gasteiger partial charge in [0.2, 0.25) is 0 Å². The zero-order valence-electron chi connectivity index (χ0n) is 11.3. The number of phenols is 2. The molecule has 1 aliphatic carbocycles. The molecule has 1 aliphatic rings. The first-order chi connectivity index (χ1) is 10.3. The number of benzene rings is 3. The Kier molecular flexibility index (Phi) is 2.51. The van der Waals surface area contributed by atoms with Crippen molar-refractivity contribution in [1.82, 2.24) is 0 Å². The van der Waals surface area contributed by atoms with Crippen LogP contribution in [0, 0.1) is 0 Å². The molecule has 0 radical (unpaired) electrons. The fraction of sp³-hybridized carbons (Fsp3) is 0.0526. The minimum atomic E-state index is -0.0671. The molecule has 0 aromatic heterocycles. The van der Waals surface area contributed by atoms with Gasteiger partial charge in [-0.15, -0.1) is 0 Å². The molecule has 0 heterocycles. The summed E-state index contributed by atoms with van der Waals surface area (Å²) in [7, 11) is 0. The first kappa shape index (κ1) is 12.0. The van der Waals surface area contributed by atoms with Crippen molar-refractivity contribution in [3.63, 3.8) is 0 Å². The normalized spacial score (nSPS) is 15.5. The average molecular weight is 274 g/mol. The molecule has 102 valence electrons. The number of hydrogen-bond donors (Lipinski definition) is 2. The molecule has 0 saturated heterocycles. The molecule has 2 N–H and O–H groups in total. The third-order valence-electron chi connectivity index (χ3n) is 4.18. The van der Waals surface area contributed by atoms with Gasteiger partial charge in [-0.25, -0.2) is 0 Å². The molecule has 21 heavy (non-hydrogen) atoms. The van der Waals surface area contributed by atoms with Gasteiger partial charge in [-0.3, -0.25) is 0 Å². The lowest BCUT2D eigenvalue weighted by Gasteiger charge is -2.15. The fourth-order valence-electron chi connectivity index (χ4n) is 3.26. The van der Waals surface area contributed by atoms with Gasteiger partial charge in [-0.05, 0) is 28.3 Å². The number of aromatic hydroxyl groups is 2. The number of phenolic OH excluding ortho intramolecular Hbond substituents is 2. The van der Waals surface area contributed by atoms with Crippen LogP contribution in [0.5, 0.6) is 11.5 Å². The van der Waals surface area contributed by atoms with Crippen molar-refractivity contribution >= 4 is 0 Å². The highest BCUT2D eigenvalue weighted by Gasteiger charge is 2.33. The summed E-state index contributed by atoms with van der Waals surface area (Å²) in [5, 5.41) is 20.2. The van der Waals surface area contributed by atoms with Gasteiger partial charge in [0.25, 0.3) is 0 Å². The van der Waals surface area contributed by atoms with E-state index in [-0.39, 0.29) is 17.4 Å². The van der Waals surface area contributed by atoms with Crippen molar-refractivity contribution in [2.24, 2.45) is 0 Å². The smallest absolute Gasteiger partial charge is 0.162 e. The van der Waals surface area contributed by atoms with E-state index in [1.165, 1.54) is 5.56 Å². The van der Waals surface area contributed by atoms with E-state index < -0.39 is 0 Å². The molecule has 0 saturated carbocycles. The highest BCUT2D eigenvalue weighted by molar-refractivity contribution is 5.84. The van der Waals surface area contributed by atoms with Crippen LogP contribution in [0.3, 0.4) is 0 Å². The maximum absolute atomic E-state index is 10.4. The molecule has 0 amide bonds. The van der Waals surface area contributed by atoms with Crippen LogP contribution in [0.4, 0.5) is 0 Å². The summed E-state index contributed by atoms with van der Waals surface area (Å²) in [6.45, 7) is 0. The summed E-state index contributed by atoms with van der Waals surface area (Å²) in [5.74, 6) is -0.121. The average Bonchev–Trinajstić information content (AvgIpc) is 2.87. The molecule has 2 nitrogen and oxygen atoms in total. The molecule has 1 unspecified atom stereocenters. The van der Waals surface area contributed by atoms with E-state index in [2.05, 4.69) is 24.3 Å². The molecular formula is C19H14O2. The zero-order chi connectivity index (χ0) is 14.4. The van der Waals surface area contributed by atoms with Crippen LogP contribution in [0.15, 0.2) is 66.7 Å². The number of rotatable bonds is 1. The van der Waals surface area contributed by atoms with Crippen LogP contribution in [0.25, 0.3) is 11.1 Å². The van der Waals surface area contributed by atoms with Crippen LogP contribution in [-0.4, -0.2) is 10.2 Å². The first-order valence-electron chi connectivity index (χ1n) is 6.96. The summed E-state index contributed by atoms with van der Waals surface area (Å²) in [4.78, 5) is 0. The largest absolute Gasteiger partial charge is 0.504 e. The Hall–Kier alpha value is -2.74. The predicted molar refractivity (Wildman–Crippen MR) is 82.6 cm³/mol. The Morgan fingerprint density at radius 3 is 2.19 bits per heavy atom. The molecule has 4 rings (SSSR count). The second-order valence-corrected chi connectivity index (χ2v) is 5.33. The second-order valence-electron chi connectivity index (χ2n) is 5.33. The monoisotopic (exact) mass is 274 g/mol. The third kappa shape index (κ3) is 1.66. The molecule has 3 aromatic carbocycles. The minimum Gasteiger partial charge on any atom is -0.504 e. The Morgan fingerprint density at radius 2 is 1.38 bits per heavy atom. The first-order valence-corrected chi connectivity index (χ1v) is 6.96. The lowest BCUT2D eigenvalue weighted by Crippen LogP contribution is -1.99. The summed E-state index contributed by atoms with van der Waals surface area (Å²) in [6, 6.07) is 21.7. The summed E-state index contributed by atoms with van der Waals surface area (Å²) in [5.41, 5.74) is 5.19. The van der Waals surface area contributed by atoms with Gasteiger partial charge in [0.15, 0.2) is 11.5 Å². The van der Waals surface area contributed by atoms with Crippen molar-refractivity contribution in [2.75, 3.05) is 0 Å². The Bertz CT molecular complexity index is 822. The highest BCUT2D eigenvalue weighted by atomic mass is 16.3. The van der Waals surface area contributed by atoms with E-state index in [1.807, 2.05) is 36.4 Å². The Morgan fingerprint density at radius 1 is 0.667 bits per heavy atom. The predicted octanol–water partition coefficient (Wildman–Crippen LogP) is 4.26. The lowest BCUT2D eigenvalue weighted by atomic mass is 9.89. The fourth-order valence-corrected chi connectivity index (χ4v) is 3.26. The molecule has 3 aromatic rings. The molecule has 1 atom stereocenters. The highest BCUT2D eigenvalue weighted by Crippen LogP contribution is 2.53. The second kappa shape index (κ2) is 4.38. The molecular weight excluding hydrogens is 260 g/mol. The molecule has 0 aliphatic heterocycles. The SMILES string of the molecule is Oc1ccc2c(c1O)C(c1ccccc1)c1ccccc1-2. The van der Waals surface area contributed by atoms with Gasteiger partial charge in [-0.1, -0.05) is 60.7 Å². The molecule has 2 heteroatoms. The minimum absolute atomic E-state index is 0.0162. The summed E-state index contributed by atoms with van der Waals surface area (Å²) in [6.07, 6.45) is 0. The van der Waals surface area contributed by atoms with Crippen molar-refractivity contribution in [3.05, 3.63) is 83.4 Å². The van der Waals surface area contributed by atoms with Gasteiger partial charge >= 0.3 is 0 Å². The molecule has 0 fully saturated rings. The van der Waals surface area contributed by atoms with Gasteiger partial charge in [0.05, 0.1) is 0 Å². The van der Waals surface area contributed by atoms with E-state index in [9.17, 15) is 10.2 Å². The summed E-state index contributed by atoms with van der Waals surface area (Å²) < 4.78 is 0. The van der Waals surface area contributed by atoms with E-state index in [0.717, 1.165) is 22.3 Å². The van der Waals surface area contributed by atoms with Gasteiger partial charge < -0.3 is 10.2 Å². The maximum Gasteiger partial charge on any atom is 0.162 e. The van der Waals surface area contributed by atoms with E-state index in [4.69, 9.17) is 0 Å². The van der Waals surface area contributed by atoms with Crippen LogP contribution < -0.4 is 0 Å². The van der Waals surface area contributed by atoms with Crippen molar-refractivity contribution in [1.29, 1.82) is 0 Å². The Labute approximate surface area is 122 Å². The quantitative estimate of drug-likeness (QED) is 0.509. The van der Waals surface area contributed by atoms with Gasteiger partial charge in [0, 0.05) is 11.5 Å². The maximum atomic E-state index is 10.4. The van der Waals surface area contributed by atoms with Crippen molar-refractivity contribution in [3.8, 4) is 22.6 Å². The third-order valence-corrected chi connectivity index (χ3v) is 4.18. The molecule has 0 spiro atoms. The van der Waals surface area contributed by atoms with E-state index in [0.29, 0.717) is 0 Å². The lowest BCUT2D eigenvalue weighted by molar-refractivity contribution is 0.399. The molecule has 0 bridgehead atoms. The zero-order valence-corrected chi connectivity index (χ0v) is 11.3. The van der Waals surface area contributed by atoms with E-state index in [1.54, 1.807) is 6.07 Å².